The molecule has 1 unspecified atom stereocenters. The van der Waals surface area contributed by atoms with E-state index in [0.717, 1.165) is 17.6 Å². The summed E-state index contributed by atoms with van der Waals surface area (Å²) in [4.78, 5) is 0. The maximum Gasteiger partial charge on any atom is 0.0561 e. The minimum Gasteiger partial charge on any atom is -0.384 e. The molecule has 80 valence electrons. The second kappa shape index (κ2) is 7.02. The van der Waals surface area contributed by atoms with Gasteiger partial charge >= 0.3 is 0 Å². The molecule has 0 N–H and O–H groups in total. The van der Waals surface area contributed by atoms with Gasteiger partial charge in [-0.15, -0.1) is 0 Å². The third-order valence-corrected chi connectivity index (χ3v) is 4.36. The standard InChI is InChI=1S/C10H22OS2/c1-9(8-10(2,3)4)13-12-7-6-11-5/h9H,6-8H2,1-5H3. The topological polar surface area (TPSA) is 9.23 Å². The highest BCUT2D eigenvalue weighted by molar-refractivity contribution is 8.76. The second-order valence-corrected chi connectivity index (χ2v) is 7.41. The SMILES string of the molecule is COCCSSC(C)CC(C)(C)C. The zero-order valence-corrected chi connectivity index (χ0v) is 11.1. The Hall–Kier alpha value is 0.660. The van der Waals surface area contributed by atoms with Crippen LogP contribution in [0.5, 0.6) is 0 Å². The van der Waals surface area contributed by atoms with Crippen LogP contribution in [0, 0.1) is 5.41 Å². The first-order chi connectivity index (χ1) is 5.95. The van der Waals surface area contributed by atoms with Gasteiger partial charge in [-0.3, -0.25) is 0 Å². The van der Waals surface area contributed by atoms with E-state index >= 15 is 0 Å². The van der Waals surface area contributed by atoms with Crippen molar-refractivity contribution in [1.82, 2.24) is 0 Å². The molecule has 0 aliphatic heterocycles. The molecule has 0 fully saturated rings. The molecule has 0 aliphatic carbocycles. The number of hydrogen-bond acceptors (Lipinski definition) is 3. The van der Waals surface area contributed by atoms with Crippen molar-refractivity contribution in [3.63, 3.8) is 0 Å². The van der Waals surface area contributed by atoms with Crippen molar-refractivity contribution in [3.05, 3.63) is 0 Å². The molecular formula is C10H22OS2. The van der Waals surface area contributed by atoms with Crippen LogP contribution in [0.2, 0.25) is 0 Å². The maximum absolute atomic E-state index is 4.99. The molecule has 0 aromatic rings. The molecule has 13 heavy (non-hydrogen) atoms. The summed E-state index contributed by atoms with van der Waals surface area (Å²) in [5.74, 6) is 1.09. The molecule has 0 heterocycles. The fourth-order valence-corrected chi connectivity index (χ4v) is 3.70. The molecule has 0 aliphatic rings. The van der Waals surface area contributed by atoms with Crippen LogP contribution in [0.25, 0.3) is 0 Å². The molecule has 0 amide bonds. The second-order valence-electron chi connectivity index (χ2n) is 4.49. The molecule has 0 aromatic carbocycles. The van der Waals surface area contributed by atoms with E-state index < -0.39 is 0 Å². The van der Waals surface area contributed by atoms with Gasteiger partial charge in [0.1, 0.15) is 0 Å². The van der Waals surface area contributed by atoms with E-state index in [4.69, 9.17) is 4.74 Å². The highest BCUT2D eigenvalue weighted by Gasteiger charge is 2.15. The van der Waals surface area contributed by atoms with Gasteiger partial charge in [0.15, 0.2) is 0 Å². The van der Waals surface area contributed by atoms with Gasteiger partial charge in [0.05, 0.1) is 6.61 Å². The largest absolute Gasteiger partial charge is 0.384 e. The van der Waals surface area contributed by atoms with E-state index in [1.807, 2.05) is 21.6 Å². The average molecular weight is 222 g/mol. The Bertz CT molecular complexity index is 121. The van der Waals surface area contributed by atoms with Crippen molar-refractivity contribution in [2.75, 3.05) is 19.5 Å². The van der Waals surface area contributed by atoms with Crippen molar-refractivity contribution in [2.45, 2.75) is 39.4 Å². The Balaban J connectivity index is 3.35. The summed E-state index contributed by atoms with van der Waals surface area (Å²) in [5.41, 5.74) is 0.453. The van der Waals surface area contributed by atoms with Gasteiger partial charge in [0.2, 0.25) is 0 Å². The van der Waals surface area contributed by atoms with E-state index in [0.29, 0.717) is 5.41 Å². The molecule has 1 nitrogen and oxygen atoms in total. The first-order valence-corrected chi connectivity index (χ1v) is 7.11. The van der Waals surface area contributed by atoms with Gasteiger partial charge in [-0.05, 0) is 11.8 Å². The van der Waals surface area contributed by atoms with Crippen molar-refractivity contribution in [1.29, 1.82) is 0 Å². The Morgan fingerprint density at radius 3 is 2.38 bits per heavy atom. The summed E-state index contributed by atoms with van der Waals surface area (Å²) in [5, 5.41) is 0.738. The zero-order chi connectivity index (χ0) is 10.3. The molecule has 0 saturated heterocycles. The van der Waals surface area contributed by atoms with Gasteiger partial charge < -0.3 is 4.74 Å². The lowest BCUT2D eigenvalue weighted by atomic mass is 9.91. The first-order valence-electron chi connectivity index (χ1n) is 4.73. The Labute approximate surface area is 90.8 Å². The summed E-state index contributed by atoms with van der Waals surface area (Å²) in [6, 6.07) is 0. The molecular weight excluding hydrogens is 200 g/mol. The fourth-order valence-electron chi connectivity index (χ4n) is 1.18. The lowest BCUT2D eigenvalue weighted by Gasteiger charge is -2.22. The summed E-state index contributed by atoms with van der Waals surface area (Å²) >= 11 is 0. The van der Waals surface area contributed by atoms with Crippen LogP contribution >= 0.6 is 21.6 Å². The predicted octanol–water partition coefficient (Wildman–Crippen LogP) is 3.84. The van der Waals surface area contributed by atoms with Gasteiger partial charge in [-0.1, -0.05) is 49.3 Å². The molecule has 1 atom stereocenters. The fraction of sp³-hybridized carbons (Fsp3) is 1.00. The molecule has 0 spiro atoms. The number of hydrogen-bond donors (Lipinski definition) is 0. The molecule has 0 bridgehead atoms. The summed E-state index contributed by atoms with van der Waals surface area (Å²) in [6.45, 7) is 10.0. The van der Waals surface area contributed by atoms with E-state index in [2.05, 4.69) is 27.7 Å². The van der Waals surface area contributed by atoms with Crippen LogP contribution in [-0.2, 0) is 4.74 Å². The van der Waals surface area contributed by atoms with Crippen LogP contribution in [0.1, 0.15) is 34.1 Å². The summed E-state index contributed by atoms with van der Waals surface area (Å²) in [6.07, 6.45) is 1.28. The van der Waals surface area contributed by atoms with Gasteiger partial charge in [-0.25, -0.2) is 0 Å². The number of methoxy groups -OCH3 is 1. The third kappa shape index (κ3) is 10.6. The molecule has 0 radical (unpaired) electrons. The van der Waals surface area contributed by atoms with Gasteiger partial charge in [0, 0.05) is 18.1 Å². The monoisotopic (exact) mass is 222 g/mol. The minimum absolute atomic E-state index is 0.453. The quantitative estimate of drug-likeness (QED) is 0.499. The molecule has 0 saturated carbocycles. The Morgan fingerprint density at radius 1 is 1.31 bits per heavy atom. The van der Waals surface area contributed by atoms with Crippen LogP contribution in [0.15, 0.2) is 0 Å². The third-order valence-electron chi connectivity index (χ3n) is 1.50. The van der Waals surface area contributed by atoms with E-state index in [-0.39, 0.29) is 0 Å². The van der Waals surface area contributed by atoms with Crippen LogP contribution in [-0.4, -0.2) is 24.7 Å². The smallest absolute Gasteiger partial charge is 0.0561 e. The van der Waals surface area contributed by atoms with Crippen molar-refractivity contribution >= 4 is 21.6 Å². The van der Waals surface area contributed by atoms with E-state index in [9.17, 15) is 0 Å². The maximum atomic E-state index is 4.99. The van der Waals surface area contributed by atoms with Crippen LogP contribution in [0.4, 0.5) is 0 Å². The van der Waals surface area contributed by atoms with Crippen LogP contribution in [0.3, 0.4) is 0 Å². The van der Waals surface area contributed by atoms with Gasteiger partial charge in [-0.2, -0.15) is 0 Å². The minimum atomic E-state index is 0.453. The lowest BCUT2D eigenvalue weighted by Crippen LogP contribution is -2.11. The van der Waals surface area contributed by atoms with Gasteiger partial charge in [0.25, 0.3) is 0 Å². The zero-order valence-electron chi connectivity index (χ0n) is 9.42. The molecule has 3 heteroatoms. The average Bonchev–Trinajstić information content (AvgIpc) is 1.94. The van der Waals surface area contributed by atoms with Crippen LogP contribution < -0.4 is 0 Å². The molecule has 0 rings (SSSR count). The number of rotatable bonds is 6. The predicted molar refractivity (Wildman–Crippen MR) is 65.5 cm³/mol. The number of ether oxygens (including phenoxy) is 1. The normalized spacial score (nSPS) is 14.5. The molecule has 0 aromatic heterocycles. The highest BCUT2D eigenvalue weighted by Crippen LogP contribution is 2.33. The summed E-state index contributed by atoms with van der Waals surface area (Å²) < 4.78 is 4.99. The lowest BCUT2D eigenvalue weighted by molar-refractivity contribution is 0.219. The Morgan fingerprint density at radius 2 is 1.92 bits per heavy atom. The van der Waals surface area contributed by atoms with Crippen molar-refractivity contribution < 1.29 is 4.74 Å². The summed E-state index contributed by atoms with van der Waals surface area (Å²) in [7, 11) is 5.65. The van der Waals surface area contributed by atoms with E-state index in [1.54, 1.807) is 7.11 Å². The Kier molecular flexibility index (Phi) is 7.37. The first kappa shape index (κ1) is 13.7. The van der Waals surface area contributed by atoms with Crippen molar-refractivity contribution in [3.8, 4) is 0 Å². The highest BCUT2D eigenvalue weighted by atomic mass is 33.1. The van der Waals surface area contributed by atoms with Crippen molar-refractivity contribution in [2.24, 2.45) is 5.41 Å². The van der Waals surface area contributed by atoms with E-state index in [1.165, 1.54) is 6.42 Å².